The first-order valence-corrected chi connectivity index (χ1v) is 9.82. The lowest BCUT2D eigenvalue weighted by atomic mass is 10.1. The van der Waals surface area contributed by atoms with Crippen molar-refractivity contribution in [3.8, 4) is 0 Å². The van der Waals surface area contributed by atoms with Crippen molar-refractivity contribution >= 4 is 5.96 Å². The molecule has 0 aliphatic carbocycles. The first-order chi connectivity index (χ1) is 12.6. The van der Waals surface area contributed by atoms with Gasteiger partial charge in [-0.3, -0.25) is 9.89 Å². The molecule has 1 atom stereocenters. The minimum atomic E-state index is 0.189. The number of morpholine rings is 1. The largest absolute Gasteiger partial charge is 0.374 e. The minimum absolute atomic E-state index is 0.189. The van der Waals surface area contributed by atoms with Crippen molar-refractivity contribution in [3.63, 3.8) is 0 Å². The van der Waals surface area contributed by atoms with Crippen molar-refractivity contribution in [3.05, 3.63) is 17.0 Å². The normalized spacial score (nSPS) is 19.2. The monoisotopic (exact) mass is 365 g/mol. The summed E-state index contributed by atoms with van der Waals surface area (Å²) < 4.78 is 11.3. The summed E-state index contributed by atoms with van der Waals surface area (Å²) in [4.78, 5) is 6.81. The quantitative estimate of drug-likeness (QED) is 0.541. The van der Waals surface area contributed by atoms with E-state index in [9.17, 15) is 0 Å². The highest BCUT2D eigenvalue weighted by molar-refractivity contribution is 5.79. The fourth-order valence-corrected chi connectivity index (χ4v) is 3.33. The average Bonchev–Trinajstić information content (AvgIpc) is 3.03. The van der Waals surface area contributed by atoms with Crippen LogP contribution in [-0.4, -0.2) is 62.0 Å². The van der Waals surface area contributed by atoms with Crippen LogP contribution in [0.25, 0.3) is 0 Å². The molecule has 1 fully saturated rings. The molecule has 1 aromatic rings. The van der Waals surface area contributed by atoms with E-state index in [4.69, 9.17) is 9.26 Å². The van der Waals surface area contributed by atoms with Crippen LogP contribution >= 0.6 is 0 Å². The molecule has 2 rings (SSSR count). The number of ether oxygens (including phenoxy) is 1. The van der Waals surface area contributed by atoms with Gasteiger partial charge in [0, 0.05) is 51.8 Å². The molecule has 1 unspecified atom stereocenters. The highest BCUT2D eigenvalue weighted by Gasteiger charge is 2.21. The highest BCUT2D eigenvalue weighted by Crippen LogP contribution is 2.15. The van der Waals surface area contributed by atoms with E-state index < -0.39 is 0 Å². The first-order valence-electron chi connectivity index (χ1n) is 9.82. The number of nitrogens with zero attached hydrogens (tertiary/aromatic N) is 3. The van der Waals surface area contributed by atoms with Gasteiger partial charge in [0.15, 0.2) is 5.96 Å². The summed E-state index contributed by atoms with van der Waals surface area (Å²) in [5.74, 6) is 2.41. The summed E-state index contributed by atoms with van der Waals surface area (Å²) in [5.41, 5.74) is 2.17. The Morgan fingerprint density at radius 1 is 1.31 bits per heavy atom. The molecular weight excluding hydrogens is 330 g/mol. The topological polar surface area (TPSA) is 74.9 Å². The predicted molar refractivity (Wildman–Crippen MR) is 104 cm³/mol. The van der Waals surface area contributed by atoms with Crippen molar-refractivity contribution in [1.82, 2.24) is 20.7 Å². The second-order valence-electron chi connectivity index (χ2n) is 7.19. The Kier molecular flexibility index (Phi) is 8.38. The van der Waals surface area contributed by atoms with Gasteiger partial charge in [0.2, 0.25) is 0 Å². The maximum atomic E-state index is 5.90. The second kappa shape index (κ2) is 10.5. The predicted octanol–water partition coefficient (Wildman–Crippen LogP) is 1.82. The second-order valence-corrected chi connectivity index (χ2v) is 7.19. The zero-order valence-electron chi connectivity index (χ0n) is 17.0. The molecule has 1 saturated heterocycles. The Bertz CT molecular complexity index is 549. The molecule has 1 aromatic heterocycles. The van der Waals surface area contributed by atoms with E-state index in [1.807, 2.05) is 0 Å². The van der Waals surface area contributed by atoms with E-state index in [0.717, 1.165) is 68.6 Å². The van der Waals surface area contributed by atoms with Gasteiger partial charge in [0.1, 0.15) is 5.76 Å². The molecule has 0 spiro atoms. The van der Waals surface area contributed by atoms with Crippen LogP contribution in [0, 0.1) is 5.92 Å². The van der Waals surface area contributed by atoms with E-state index in [0.29, 0.717) is 12.5 Å². The third-order valence-corrected chi connectivity index (χ3v) is 4.61. The summed E-state index contributed by atoms with van der Waals surface area (Å²) in [6.07, 6.45) is 1.90. The van der Waals surface area contributed by atoms with Gasteiger partial charge >= 0.3 is 0 Å². The number of hydrogen-bond acceptors (Lipinski definition) is 5. The van der Waals surface area contributed by atoms with E-state index in [1.54, 1.807) is 7.05 Å². The molecule has 7 nitrogen and oxygen atoms in total. The zero-order chi connectivity index (χ0) is 18.9. The summed E-state index contributed by atoms with van der Waals surface area (Å²) in [6.45, 7) is 14.0. The minimum Gasteiger partial charge on any atom is -0.374 e. The van der Waals surface area contributed by atoms with E-state index in [1.165, 1.54) is 0 Å². The fourth-order valence-electron chi connectivity index (χ4n) is 3.33. The van der Waals surface area contributed by atoms with E-state index in [2.05, 4.69) is 53.4 Å². The fraction of sp³-hybridized carbons (Fsp3) is 0.789. The number of guanidine groups is 1. The van der Waals surface area contributed by atoms with Crippen molar-refractivity contribution in [2.45, 2.75) is 53.2 Å². The Morgan fingerprint density at radius 3 is 2.77 bits per heavy atom. The molecule has 0 amide bonds. The standard InChI is InChI=1S/C19H35N5O2/c1-6-17-16(18(7-2)26-23-17)11-22-19(20-5)21-10-15-13-24(8-9-25-15)12-14(3)4/h14-15H,6-13H2,1-5H3,(H2,20,21,22). The van der Waals surface area contributed by atoms with Gasteiger partial charge in [-0.1, -0.05) is 32.9 Å². The van der Waals surface area contributed by atoms with Crippen LogP contribution < -0.4 is 10.6 Å². The summed E-state index contributed by atoms with van der Waals surface area (Å²) in [7, 11) is 1.79. The summed E-state index contributed by atoms with van der Waals surface area (Å²) in [5, 5.41) is 10.9. The van der Waals surface area contributed by atoms with Gasteiger partial charge in [-0.05, 0) is 12.3 Å². The molecule has 0 radical (unpaired) electrons. The van der Waals surface area contributed by atoms with Crippen molar-refractivity contribution in [1.29, 1.82) is 0 Å². The van der Waals surface area contributed by atoms with E-state index in [-0.39, 0.29) is 6.10 Å². The molecule has 1 aliphatic heterocycles. The SMILES string of the molecule is CCc1noc(CC)c1CNC(=NC)NCC1CN(CC(C)C)CCO1. The Balaban J connectivity index is 1.82. The molecule has 0 saturated carbocycles. The van der Waals surface area contributed by atoms with Crippen LogP contribution in [0.4, 0.5) is 0 Å². The van der Waals surface area contributed by atoms with Gasteiger partial charge in [0.25, 0.3) is 0 Å². The van der Waals surface area contributed by atoms with Crippen LogP contribution in [-0.2, 0) is 24.1 Å². The summed E-state index contributed by atoms with van der Waals surface area (Å²) in [6, 6.07) is 0. The molecule has 148 valence electrons. The zero-order valence-corrected chi connectivity index (χ0v) is 17.0. The average molecular weight is 366 g/mol. The smallest absolute Gasteiger partial charge is 0.191 e. The Morgan fingerprint density at radius 2 is 2.12 bits per heavy atom. The lowest BCUT2D eigenvalue weighted by molar-refractivity contribution is -0.0284. The van der Waals surface area contributed by atoms with Crippen LogP contribution in [0.1, 0.15) is 44.7 Å². The number of aryl methyl sites for hydroxylation is 2. The number of rotatable bonds is 8. The Hall–Kier alpha value is -1.60. The summed E-state index contributed by atoms with van der Waals surface area (Å²) >= 11 is 0. The number of hydrogen-bond donors (Lipinski definition) is 2. The molecule has 26 heavy (non-hydrogen) atoms. The van der Waals surface area contributed by atoms with Crippen molar-refractivity contribution in [2.24, 2.45) is 10.9 Å². The van der Waals surface area contributed by atoms with Gasteiger partial charge in [0.05, 0.1) is 18.4 Å². The molecule has 7 heteroatoms. The van der Waals surface area contributed by atoms with Gasteiger partial charge in [-0.15, -0.1) is 0 Å². The third kappa shape index (κ3) is 5.99. The number of aromatic nitrogens is 1. The molecule has 1 aliphatic rings. The van der Waals surface area contributed by atoms with E-state index >= 15 is 0 Å². The number of nitrogens with one attached hydrogen (secondary N) is 2. The molecule has 2 N–H and O–H groups in total. The van der Waals surface area contributed by atoms with Gasteiger partial charge < -0.3 is 19.9 Å². The van der Waals surface area contributed by atoms with Gasteiger partial charge in [-0.2, -0.15) is 0 Å². The van der Waals surface area contributed by atoms with Crippen LogP contribution in [0.2, 0.25) is 0 Å². The molecule has 2 heterocycles. The molecular formula is C19H35N5O2. The lowest BCUT2D eigenvalue weighted by Gasteiger charge is -2.34. The number of aliphatic imine (C=N–C) groups is 1. The Labute approximate surface area is 157 Å². The van der Waals surface area contributed by atoms with Crippen molar-refractivity contribution < 1.29 is 9.26 Å². The first kappa shape index (κ1) is 20.7. The van der Waals surface area contributed by atoms with Crippen molar-refractivity contribution in [2.75, 3.05) is 39.8 Å². The van der Waals surface area contributed by atoms with Crippen LogP contribution in [0.5, 0.6) is 0 Å². The highest BCUT2D eigenvalue weighted by atomic mass is 16.5. The van der Waals surface area contributed by atoms with Crippen LogP contribution in [0.15, 0.2) is 9.52 Å². The third-order valence-electron chi connectivity index (χ3n) is 4.61. The molecule has 0 bridgehead atoms. The maximum absolute atomic E-state index is 5.90. The maximum Gasteiger partial charge on any atom is 0.191 e. The molecule has 0 aromatic carbocycles. The van der Waals surface area contributed by atoms with Crippen LogP contribution in [0.3, 0.4) is 0 Å². The lowest BCUT2D eigenvalue weighted by Crippen LogP contribution is -2.50. The van der Waals surface area contributed by atoms with Gasteiger partial charge in [-0.25, -0.2) is 0 Å².